The van der Waals surface area contributed by atoms with Crippen molar-refractivity contribution in [2.75, 3.05) is 5.32 Å². The van der Waals surface area contributed by atoms with Gasteiger partial charge in [-0.3, -0.25) is 5.10 Å². The summed E-state index contributed by atoms with van der Waals surface area (Å²) in [5.74, 6) is 1.65. The van der Waals surface area contributed by atoms with Crippen LogP contribution in [0.3, 0.4) is 0 Å². The van der Waals surface area contributed by atoms with Crippen molar-refractivity contribution >= 4 is 27.9 Å². The molecule has 0 aliphatic carbocycles. The molecule has 5 rings (SSSR count). The van der Waals surface area contributed by atoms with E-state index < -0.39 is 0 Å². The maximum Gasteiger partial charge on any atom is 0.158 e. The highest BCUT2D eigenvalue weighted by Gasteiger charge is 2.13. The lowest BCUT2D eigenvalue weighted by Gasteiger charge is -2.11. The number of aromatic nitrogens is 6. The second-order valence-electron chi connectivity index (χ2n) is 6.71. The number of nitrogens with one attached hydrogen (secondary N) is 2. The van der Waals surface area contributed by atoms with E-state index in [1.807, 2.05) is 31.2 Å². The lowest BCUT2D eigenvalue weighted by Crippen LogP contribution is -2.11. The van der Waals surface area contributed by atoms with Crippen LogP contribution in [0.4, 0.5) is 5.82 Å². The average molecular weight is 369 g/mol. The van der Waals surface area contributed by atoms with Crippen LogP contribution in [0.5, 0.6) is 0 Å². The summed E-state index contributed by atoms with van der Waals surface area (Å²) in [4.78, 5) is 13.5. The Hall–Kier alpha value is -3.74. The van der Waals surface area contributed by atoms with Crippen LogP contribution in [0.2, 0.25) is 0 Å². The molecule has 7 heteroatoms. The van der Waals surface area contributed by atoms with E-state index in [2.05, 4.69) is 60.4 Å². The van der Waals surface area contributed by atoms with Crippen molar-refractivity contribution < 1.29 is 0 Å². The second kappa shape index (κ2) is 6.77. The van der Waals surface area contributed by atoms with E-state index >= 15 is 0 Å². The summed E-state index contributed by atoms with van der Waals surface area (Å²) in [6.45, 7) is 3.25. The van der Waals surface area contributed by atoms with Gasteiger partial charge in [0.25, 0.3) is 0 Å². The van der Waals surface area contributed by atoms with Crippen molar-refractivity contribution in [2.24, 2.45) is 0 Å². The van der Waals surface area contributed by atoms with Crippen LogP contribution in [0, 0.1) is 6.92 Å². The lowest BCUT2D eigenvalue weighted by molar-refractivity contribution is 0.755. The number of aryl methyl sites for hydroxylation is 1. The molecule has 28 heavy (non-hydrogen) atoms. The number of fused-ring (bicyclic) bond motifs is 2. The molecule has 0 aliphatic rings. The monoisotopic (exact) mass is 369 g/mol. The topological polar surface area (TPSA) is 84.3 Å². The molecule has 0 saturated heterocycles. The quantitative estimate of drug-likeness (QED) is 0.494. The molecule has 0 spiro atoms. The number of para-hydroxylation sites is 2. The fraction of sp³-hybridized carbons (Fsp3) is 0.143. The molecule has 5 aromatic rings. The molecule has 0 bridgehead atoms. The zero-order valence-corrected chi connectivity index (χ0v) is 15.4. The van der Waals surface area contributed by atoms with Gasteiger partial charge in [-0.1, -0.05) is 42.5 Å². The van der Waals surface area contributed by atoms with Crippen molar-refractivity contribution in [1.29, 1.82) is 0 Å². The van der Waals surface area contributed by atoms with Crippen molar-refractivity contribution in [3.8, 4) is 0 Å². The fourth-order valence-corrected chi connectivity index (χ4v) is 3.45. The first-order valence-electron chi connectivity index (χ1n) is 9.17. The van der Waals surface area contributed by atoms with Crippen LogP contribution in [0.1, 0.15) is 17.1 Å². The minimum atomic E-state index is 0.541. The Bertz CT molecular complexity index is 1250. The Balaban J connectivity index is 1.50. The average Bonchev–Trinajstić information content (AvgIpc) is 3.28. The number of H-pyrrole nitrogens is 1. The van der Waals surface area contributed by atoms with Gasteiger partial charge in [0.2, 0.25) is 0 Å². The van der Waals surface area contributed by atoms with Gasteiger partial charge in [0, 0.05) is 6.54 Å². The van der Waals surface area contributed by atoms with Crippen LogP contribution in [0.15, 0.2) is 60.9 Å². The Labute approximate surface area is 161 Å². The van der Waals surface area contributed by atoms with Gasteiger partial charge in [0.15, 0.2) is 11.3 Å². The summed E-state index contributed by atoms with van der Waals surface area (Å²) in [6.07, 6.45) is 1.56. The Morgan fingerprint density at radius 2 is 1.79 bits per heavy atom. The summed E-state index contributed by atoms with van der Waals surface area (Å²) < 4.78 is 2.24. The number of anilines is 1. The van der Waals surface area contributed by atoms with E-state index in [0.717, 1.165) is 40.1 Å². The normalized spacial score (nSPS) is 11.3. The Morgan fingerprint density at radius 1 is 0.964 bits per heavy atom. The number of hydrogen-bond donors (Lipinski definition) is 2. The van der Waals surface area contributed by atoms with E-state index in [9.17, 15) is 0 Å². The van der Waals surface area contributed by atoms with Gasteiger partial charge in [-0.15, -0.1) is 0 Å². The summed E-state index contributed by atoms with van der Waals surface area (Å²) in [6, 6.07) is 18.6. The molecule has 3 heterocycles. The zero-order chi connectivity index (χ0) is 18.9. The van der Waals surface area contributed by atoms with Crippen molar-refractivity contribution in [2.45, 2.75) is 20.0 Å². The third-order valence-electron chi connectivity index (χ3n) is 4.84. The lowest BCUT2D eigenvalue weighted by atomic mass is 10.2. The Kier molecular flexibility index (Phi) is 3.97. The summed E-state index contributed by atoms with van der Waals surface area (Å²) in [7, 11) is 0. The molecule has 2 N–H and O–H groups in total. The Morgan fingerprint density at radius 3 is 2.68 bits per heavy atom. The SMILES string of the molecule is Cc1[nH]nc2c(NCc3nc4ccccc4n3Cc3ccccc3)ncnc12. The highest BCUT2D eigenvalue weighted by molar-refractivity contribution is 5.86. The predicted molar refractivity (Wildman–Crippen MR) is 109 cm³/mol. The number of hydrogen-bond acceptors (Lipinski definition) is 5. The maximum absolute atomic E-state index is 4.84. The molecular weight excluding hydrogens is 350 g/mol. The molecule has 2 aromatic carbocycles. The minimum absolute atomic E-state index is 0.541. The van der Waals surface area contributed by atoms with Gasteiger partial charge >= 0.3 is 0 Å². The maximum atomic E-state index is 4.84. The number of aromatic amines is 1. The first-order chi connectivity index (χ1) is 13.8. The molecule has 0 fully saturated rings. The molecule has 0 aliphatic heterocycles. The molecule has 3 aromatic heterocycles. The highest BCUT2D eigenvalue weighted by Crippen LogP contribution is 2.21. The van der Waals surface area contributed by atoms with Gasteiger partial charge in [-0.2, -0.15) is 5.10 Å². The second-order valence-corrected chi connectivity index (χ2v) is 6.71. The number of rotatable bonds is 5. The van der Waals surface area contributed by atoms with Crippen molar-refractivity contribution in [1.82, 2.24) is 29.7 Å². The van der Waals surface area contributed by atoms with Crippen molar-refractivity contribution in [3.63, 3.8) is 0 Å². The summed E-state index contributed by atoms with van der Waals surface area (Å²) in [5.41, 5.74) is 5.84. The molecular formula is C21H19N7. The first-order valence-corrected chi connectivity index (χ1v) is 9.17. The van der Waals surface area contributed by atoms with Crippen molar-refractivity contribution in [3.05, 3.63) is 78.0 Å². The van der Waals surface area contributed by atoms with Crippen LogP contribution in [-0.2, 0) is 13.1 Å². The van der Waals surface area contributed by atoms with E-state index in [0.29, 0.717) is 12.4 Å². The first kappa shape index (κ1) is 16.4. The van der Waals surface area contributed by atoms with Gasteiger partial charge in [-0.25, -0.2) is 15.0 Å². The smallest absolute Gasteiger partial charge is 0.158 e. The van der Waals surface area contributed by atoms with E-state index in [4.69, 9.17) is 4.98 Å². The number of benzene rings is 2. The van der Waals surface area contributed by atoms with Gasteiger partial charge in [0.1, 0.15) is 17.7 Å². The zero-order valence-electron chi connectivity index (χ0n) is 15.4. The highest BCUT2D eigenvalue weighted by atomic mass is 15.2. The predicted octanol–water partition coefficient (Wildman–Crippen LogP) is 3.67. The minimum Gasteiger partial charge on any atom is -0.361 e. The largest absolute Gasteiger partial charge is 0.361 e. The van der Waals surface area contributed by atoms with E-state index in [1.54, 1.807) is 6.33 Å². The van der Waals surface area contributed by atoms with Gasteiger partial charge in [-0.05, 0) is 24.6 Å². The van der Waals surface area contributed by atoms with Gasteiger partial charge < -0.3 is 9.88 Å². The fourth-order valence-electron chi connectivity index (χ4n) is 3.45. The van der Waals surface area contributed by atoms with Crippen LogP contribution in [0.25, 0.3) is 22.1 Å². The molecule has 0 saturated carbocycles. The molecule has 0 radical (unpaired) electrons. The van der Waals surface area contributed by atoms with Crippen LogP contribution < -0.4 is 5.32 Å². The third-order valence-corrected chi connectivity index (χ3v) is 4.84. The number of imidazole rings is 1. The molecule has 138 valence electrons. The van der Waals surface area contributed by atoms with Gasteiger partial charge in [0.05, 0.1) is 23.3 Å². The molecule has 0 unspecified atom stereocenters. The third kappa shape index (κ3) is 2.87. The molecule has 0 amide bonds. The van der Waals surface area contributed by atoms with E-state index in [-0.39, 0.29) is 0 Å². The summed E-state index contributed by atoms with van der Waals surface area (Å²) in [5, 5.41) is 10.7. The van der Waals surface area contributed by atoms with Crippen LogP contribution in [-0.4, -0.2) is 29.7 Å². The molecule has 0 atom stereocenters. The summed E-state index contributed by atoms with van der Waals surface area (Å²) >= 11 is 0. The standard InChI is InChI=1S/C21H19N7/c1-14-19-20(27-26-14)21(24-13-23-19)22-11-18-25-16-9-5-6-10-17(16)28(18)12-15-7-3-2-4-8-15/h2-10,13H,11-12H2,1H3,(H,26,27)(H,22,23,24). The van der Waals surface area contributed by atoms with Crippen LogP contribution >= 0.6 is 0 Å². The molecule has 7 nitrogen and oxygen atoms in total. The number of nitrogens with zero attached hydrogens (tertiary/aromatic N) is 5. The van der Waals surface area contributed by atoms with E-state index in [1.165, 1.54) is 5.56 Å².